The van der Waals surface area contributed by atoms with E-state index in [0.717, 1.165) is 5.57 Å². The molecule has 2 unspecified atom stereocenters. The lowest BCUT2D eigenvalue weighted by molar-refractivity contribution is -0.150. The van der Waals surface area contributed by atoms with Crippen molar-refractivity contribution in [2.75, 3.05) is 0 Å². The Hall–Kier alpha value is -0.480. The van der Waals surface area contributed by atoms with Crippen LogP contribution in [0, 0.1) is 5.41 Å². The van der Waals surface area contributed by atoms with Crippen LogP contribution in [0.1, 0.15) is 41.5 Å². The molecule has 98 valence electrons. The summed E-state index contributed by atoms with van der Waals surface area (Å²) in [5.74, 6) is -0.323. The predicted molar refractivity (Wildman–Crippen MR) is 70.8 cm³/mol. The van der Waals surface area contributed by atoms with E-state index in [4.69, 9.17) is 4.74 Å². The monoisotopic (exact) mass is 258 g/mol. The molecule has 1 saturated heterocycles. The maximum Gasteiger partial charge on any atom is 0.326 e. The highest BCUT2D eigenvalue weighted by Gasteiger charge is 2.54. The summed E-state index contributed by atoms with van der Waals surface area (Å²) in [5, 5.41) is 10.2. The molecule has 1 rings (SSSR count). The maximum absolute atomic E-state index is 12.0. The summed E-state index contributed by atoms with van der Waals surface area (Å²) in [6.07, 6.45) is 1.03. The lowest BCUT2D eigenvalue weighted by Crippen LogP contribution is -2.41. The Bertz CT molecular complexity index is 343. The quantitative estimate of drug-likeness (QED) is 0.611. The van der Waals surface area contributed by atoms with E-state index >= 15 is 0 Å². The minimum atomic E-state index is -0.894. The maximum atomic E-state index is 12.0. The molecule has 0 amide bonds. The van der Waals surface area contributed by atoms with Crippen LogP contribution in [-0.2, 0) is 9.53 Å². The van der Waals surface area contributed by atoms with E-state index in [9.17, 15) is 9.90 Å². The Kier molecular flexibility index (Phi) is 3.99. The summed E-state index contributed by atoms with van der Waals surface area (Å²) < 4.78 is 4.50. The molecule has 0 saturated carbocycles. The van der Waals surface area contributed by atoms with Gasteiger partial charge in [0.05, 0.1) is 6.10 Å². The highest BCUT2D eigenvalue weighted by Crippen LogP contribution is 2.48. The molecule has 1 aliphatic rings. The zero-order valence-corrected chi connectivity index (χ0v) is 12.2. The first-order chi connectivity index (χ1) is 7.63. The molecule has 17 heavy (non-hydrogen) atoms. The number of hydrogen-bond donors (Lipinski definition) is 1. The van der Waals surface area contributed by atoms with E-state index in [2.05, 4.69) is 0 Å². The van der Waals surface area contributed by atoms with Crippen LogP contribution in [-0.4, -0.2) is 27.4 Å². The molecule has 1 fully saturated rings. The molecule has 0 spiro atoms. The second-order valence-electron chi connectivity index (χ2n) is 5.76. The number of hydrogen-bond acceptors (Lipinski definition) is 4. The van der Waals surface area contributed by atoms with Crippen molar-refractivity contribution in [3.05, 3.63) is 11.6 Å². The number of esters is 1. The van der Waals surface area contributed by atoms with Crippen molar-refractivity contribution in [1.82, 2.24) is 0 Å². The van der Waals surface area contributed by atoms with E-state index in [1.807, 2.05) is 40.7 Å². The van der Waals surface area contributed by atoms with Crippen molar-refractivity contribution < 1.29 is 14.6 Å². The standard InChI is InChI=1S/C13H22O3S/c1-7-8(2)9(14)13(6)10(15)16-11(17-13)12(3,4)5/h7,9,11,14H,1-6H3/b8-7+/t9?,11?,13-/m1/s1. The zero-order valence-electron chi connectivity index (χ0n) is 11.4. The molecule has 0 bridgehead atoms. The van der Waals surface area contributed by atoms with Crippen LogP contribution >= 0.6 is 11.8 Å². The van der Waals surface area contributed by atoms with E-state index in [0.29, 0.717) is 0 Å². The molecule has 3 nitrogen and oxygen atoms in total. The molecule has 0 aliphatic carbocycles. The minimum absolute atomic E-state index is 0.123. The lowest BCUT2D eigenvalue weighted by atomic mass is 9.97. The molecule has 1 aliphatic heterocycles. The Morgan fingerprint density at radius 1 is 1.59 bits per heavy atom. The fraction of sp³-hybridized carbons (Fsp3) is 0.769. The predicted octanol–water partition coefficient (Wildman–Crippen LogP) is 2.73. The third kappa shape index (κ3) is 2.68. The van der Waals surface area contributed by atoms with E-state index in [1.165, 1.54) is 11.8 Å². The van der Waals surface area contributed by atoms with Crippen molar-refractivity contribution in [1.29, 1.82) is 0 Å². The second-order valence-corrected chi connectivity index (χ2v) is 7.28. The largest absolute Gasteiger partial charge is 0.450 e. The van der Waals surface area contributed by atoms with Gasteiger partial charge < -0.3 is 9.84 Å². The minimum Gasteiger partial charge on any atom is -0.450 e. The van der Waals surface area contributed by atoms with Crippen LogP contribution < -0.4 is 0 Å². The molecule has 0 aromatic rings. The van der Waals surface area contributed by atoms with Crippen LogP contribution in [0.15, 0.2) is 11.6 Å². The molecule has 0 aromatic heterocycles. The summed E-state index contributed by atoms with van der Waals surface area (Å²) >= 11 is 1.42. The molecule has 1 heterocycles. The summed E-state index contributed by atoms with van der Waals surface area (Å²) in [4.78, 5) is 12.0. The van der Waals surface area contributed by atoms with Crippen molar-refractivity contribution >= 4 is 17.7 Å². The Morgan fingerprint density at radius 3 is 2.47 bits per heavy atom. The van der Waals surface area contributed by atoms with Gasteiger partial charge in [-0.25, -0.2) is 0 Å². The third-order valence-electron chi connectivity index (χ3n) is 3.09. The van der Waals surface area contributed by atoms with E-state index in [-0.39, 0.29) is 16.8 Å². The van der Waals surface area contributed by atoms with Crippen molar-refractivity contribution in [3.8, 4) is 0 Å². The lowest BCUT2D eigenvalue weighted by Gasteiger charge is -2.28. The molecule has 4 heteroatoms. The van der Waals surface area contributed by atoms with Crippen LogP contribution in [0.2, 0.25) is 0 Å². The second kappa shape index (κ2) is 4.65. The van der Waals surface area contributed by atoms with Gasteiger partial charge in [-0.1, -0.05) is 38.6 Å². The van der Waals surface area contributed by atoms with Crippen molar-refractivity contribution in [2.24, 2.45) is 5.41 Å². The van der Waals surface area contributed by atoms with Gasteiger partial charge in [-0.05, 0) is 26.3 Å². The van der Waals surface area contributed by atoms with Gasteiger partial charge >= 0.3 is 5.97 Å². The first-order valence-corrected chi connectivity index (χ1v) is 6.70. The number of ether oxygens (including phenoxy) is 1. The Morgan fingerprint density at radius 2 is 2.12 bits per heavy atom. The average molecular weight is 258 g/mol. The fourth-order valence-electron chi connectivity index (χ4n) is 1.63. The fourth-order valence-corrected chi connectivity index (χ4v) is 3.02. The van der Waals surface area contributed by atoms with Gasteiger partial charge in [0, 0.05) is 5.41 Å². The number of cyclic esters (lactones) is 1. The molecule has 1 N–H and O–H groups in total. The third-order valence-corrected chi connectivity index (χ3v) is 4.98. The van der Waals surface area contributed by atoms with Gasteiger partial charge in [0.1, 0.15) is 4.75 Å². The smallest absolute Gasteiger partial charge is 0.326 e. The summed E-state index contributed by atoms with van der Waals surface area (Å²) in [7, 11) is 0. The first-order valence-electron chi connectivity index (χ1n) is 5.82. The number of thioether (sulfide) groups is 1. The van der Waals surface area contributed by atoms with Gasteiger partial charge in [0.15, 0.2) is 5.44 Å². The van der Waals surface area contributed by atoms with Gasteiger partial charge in [0.2, 0.25) is 0 Å². The number of aliphatic hydroxyl groups excluding tert-OH is 1. The molecule has 0 aromatic carbocycles. The zero-order chi connectivity index (χ0) is 13.4. The van der Waals surface area contributed by atoms with Crippen molar-refractivity contribution in [2.45, 2.75) is 57.8 Å². The van der Waals surface area contributed by atoms with Crippen LogP contribution in [0.25, 0.3) is 0 Å². The number of allylic oxidation sites excluding steroid dienone is 1. The van der Waals surface area contributed by atoms with Gasteiger partial charge in [-0.2, -0.15) is 0 Å². The first kappa shape index (κ1) is 14.6. The van der Waals surface area contributed by atoms with Crippen molar-refractivity contribution in [3.63, 3.8) is 0 Å². The van der Waals surface area contributed by atoms with E-state index < -0.39 is 10.9 Å². The van der Waals surface area contributed by atoms with E-state index in [1.54, 1.807) is 6.92 Å². The van der Waals surface area contributed by atoms with Crippen LogP contribution in [0.5, 0.6) is 0 Å². The molecular formula is C13H22O3S. The highest BCUT2D eigenvalue weighted by molar-refractivity contribution is 8.02. The average Bonchev–Trinajstić information content (AvgIpc) is 2.54. The summed E-state index contributed by atoms with van der Waals surface area (Å²) in [6, 6.07) is 0. The van der Waals surface area contributed by atoms with Crippen LogP contribution in [0.3, 0.4) is 0 Å². The van der Waals surface area contributed by atoms with Gasteiger partial charge in [0.25, 0.3) is 0 Å². The number of rotatable bonds is 2. The van der Waals surface area contributed by atoms with Crippen LogP contribution in [0.4, 0.5) is 0 Å². The highest BCUT2D eigenvalue weighted by atomic mass is 32.2. The number of aliphatic hydroxyl groups is 1. The Balaban J connectivity index is 2.96. The topological polar surface area (TPSA) is 46.5 Å². The molecular weight excluding hydrogens is 236 g/mol. The molecule has 3 atom stereocenters. The summed E-state index contributed by atoms with van der Waals surface area (Å²) in [6.45, 7) is 11.5. The normalized spacial score (nSPS) is 32.5. The van der Waals surface area contributed by atoms with Gasteiger partial charge in [-0.3, -0.25) is 4.79 Å². The summed E-state index contributed by atoms with van der Waals surface area (Å²) in [5.41, 5.74) is 0.465. The molecule has 0 radical (unpaired) electrons. The number of carbonyl (C=O) groups excluding carboxylic acids is 1. The number of carbonyl (C=O) groups is 1. The SMILES string of the molecule is C/C=C(\C)C(O)[C@@]1(C)SC(C(C)(C)C)OC1=O. The van der Waals surface area contributed by atoms with Gasteiger partial charge in [-0.15, -0.1) is 0 Å². The Labute approximate surface area is 108 Å².